The number of nitrogens with one attached hydrogen (secondary N) is 1. The molecule has 7 nitrogen and oxygen atoms in total. The molecule has 142 valence electrons. The second-order valence-corrected chi connectivity index (χ2v) is 7.02. The zero-order valence-corrected chi connectivity index (χ0v) is 16.2. The van der Waals surface area contributed by atoms with Crippen molar-refractivity contribution >= 4 is 29.3 Å². The molecule has 0 saturated carbocycles. The Morgan fingerprint density at radius 2 is 1.89 bits per heavy atom. The molecule has 0 fully saturated rings. The summed E-state index contributed by atoms with van der Waals surface area (Å²) in [6.45, 7) is 2.56. The summed E-state index contributed by atoms with van der Waals surface area (Å²) in [5.41, 5.74) is 8.46. The number of ether oxygens (including phenoxy) is 1. The zero-order valence-electron chi connectivity index (χ0n) is 15.4. The lowest BCUT2D eigenvalue weighted by atomic mass is 10.2. The van der Waals surface area contributed by atoms with Crippen molar-refractivity contribution in [3.8, 4) is 11.8 Å². The maximum absolute atomic E-state index is 8.79. The number of nitrogens with two attached hydrogens (primary N) is 1. The highest BCUT2D eigenvalue weighted by Crippen LogP contribution is 2.19. The summed E-state index contributed by atoms with van der Waals surface area (Å²) in [7, 11) is 0. The number of nitriles is 1. The van der Waals surface area contributed by atoms with E-state index >= 15 is 0 Å². The van der Waals surface area contributed by atoms with E-state index in [0.717, 1.165) is 22.8 Å². The van der Waals surface area contributed by atoms with Gasteiger partial charge in [-0.25, -0.2) is 0 Å². The molecule has 1 heterocycles. The predicted octanol–water partition coefficient (Wildman–Crippen LogP) is 3.69. The van der Waals surface area contributed by atoms with E-state index in [2.05, 4.69) is 26.3 Å². The largest absolute Gasteiger partial charge is 0.493 e. The van der Waals surface area contributed by atoms with Gasteiger partial charge in [0.1, 0.15) is 11.6 Å². The van der Waals surface area contributed by atoms with Crippen molar-refractivity contribution in [3.63, 3.8) is 0 Å². The summed E-state index contributed by atoms with van der Waals surface area (Å²) in [6.07, 6.45) is 0. The highest BCUT2D eigenvalue weighted by atomic mass is 32.2. The summed E-state index contributed by atoms with van der Waals surface area (Å²) in [5, 5.41) is 12.0. The molecular formula is C20H20N6OS. The van der Waals surface area contributed by atoms with Gasteiger partial charge in [0.25, 0.3) is 0 Å². The van der Waals surface area contributed by atoms with Gasteiger partial charge in [-0.2, -0.15) is 32.0 Å². The van der Waals surface area contributed by atoms with Crippen molar-refractivity contribution in [2.24, 2.45) is 0 Å². The zero-order chi connectivity index (χ0) is 19.8. The molecule has 0 aliphatic carbocycles. The van der Waals surface area contributed by atoms with Crippen LogP contribution in [0.4, 0.5) is 17.6 Å². The van der Waals surface area contributed by atoms with Crippen LogP contribution in [0.3, 0.4) is 0 Å². The van der Waals surface area contributed by atoms with Gasteiger partial charge in [0.05, 0.1) is 24.0 Å². The molecule has 0 aliphatic rings. The molecule has 0 spiro atoms. The van der Waals surface area contributed by atoms with Gasteiger partial charge in [-0.15, -0.1) is 0 Å². The minimum absolute atomic E-state index is 0.190. The van der Waals surface area contributed by atoms with Crippen LogP contribution in [0.2, 0.25) is 0 Å². The van der Waals surface area contributed by atoms with E-state index in [0.29, 0.717) is 29.7 Å². The number of hydrogen-bond acceptors (Lipinski definition) is 8. The van der Waals surface area contributed by atoms with Crippen LogP contribution >= 0.6 is 11.8 Å². The molecule has 0 saturated heterocycles. The van der Waals surface area contributed by atoms with Gasteiger partial charge in [0, 0.05) is 11.4 Å². The highest BCUT2D eigenvalue weighted by molar-refractivity contribution is 7.98. The maximum atomic E-state index is 8.79. The Hall–Kier alpha value is -3.31. The average Bonchev–Trinajstić information content (AvgIpc) is 2.69. The van der Waals surface area contributed by atoms with Crippen LogP contribution in [-0.4, -0.2) is 27.3 Å². The fourth-order valence-electron chi connectivity index (χ4n) is 2.40. The first kappa shape index (κ1) is 19.5. The first-order valence-electron chi connectivity index (χ1n) is 8.68. The third kappa shape index (κ3) is 5.59. The number of aryl methyl sites for hydroxylation is 1. The summed E-state index contributed by atoms with van der Waals surface area (Å²) in [5.74, 6) is 3.36. The van der Waals surface area contributed by atoms with Crippen LogP contribution in [0.1, 0.15) is 17.0 Å². The lowest BCUT2D eigenvalue weighted by Crippen LogP contribution is -2.07. The molecule has 2 aromatic carbocycles. The van der Waals surface area contributed by atoms with Crippen LogP contribution in [-0.2, 0) is 5.75 Å². The van der Waals surface area contributed by atoms with Crippen molar-refractivity contribution in [1.82, 2.24) is 15.0 Å². The quantitative estimate of drug-likeness (QED) is 0.559. The van der Waals surface area contributed by atoms with Crippen molar-refractivity contribution in [2.75, 3.05) is 23.4 Å². The number of rotatable bonds is 8. The van der Waals surface area contributed by atoms with Crippen molar-refractivity contribution in [3.05, 3.63) is 65.5 Å². The van der Waals surface area contributed by atoms with E-state index in [4.69, 9.17) is 15.7 Å². The number of aromatic nitrogens is 3. The number of nitrogen functional groups attached to an aromatic ring is 1. The smallest absolute Gasteiger partial charge is 0.232 e. The Bertz CT molecular complexity index is 971. The van der Waals surface area contributed by atoms with E-state index < -0.39 is 0 Å². The summed E-state index contributed by atoms with van der Waals surface area (Å²) < 4.78 is 5.66. The number of thioether (sulfide) groups is 1. The standard InChI is InChI=1S/C20H20N6OS/c1-14-4-2-3-5-17(14)23-20-25-18(24-19(22)26-20)13-28-11-10-27-16-8-6-15(12-21)7-9-16/h2-9H,10-11,13H2,1H3,(H3,22,23,24,25,26). The average molecular weight is 392 g/mol. The van der Waals surface area contributed by atoms with Crippen LogP contribution in [0.25, 0.3) is 0 Å². The first-order valence-corrected chi connectivity index (χ1v) is 9.83. The van der Waals surface area contributed by atoms with E-state index in [-0.39, 0.29) is 5.95 Å². The maximum Gasteiger partial charge on any atom is 0.232 e. The number of benzene rings is 2. The van der Waals surface area contributed by atoms with Gasteiger partial charge < -0.3 is 15.8 Å². The minimum atomic E-state index is 0.190. The van der Waals surface area contributed by atoms with Gasteiger partial charge in [-0.05, 0) is 42.8 Å². The van der Waals surface area contributed by atoms with E-state index in [1.165, 1.54) is 0 Å². The van der Waals surface area contributed by atoms with Crippen molar-refractivity contribution < 1.29 is 4.74 Å². The topological polar surface area (TPSA) is 110 Å². The molecule has 28 heavy (non-hydrogen) atoms. The Morgan fingerprint density at radius 1 is 1.11 bits per heavy atom. The van der Waals surface area contributed by atoms with E-state index in [9.17, 15) is 0 Å². The lowest BCUT2D eigenvalue weighted by molar-refractivity contribution is 0.344. The molecule has 0 aliphatic heterocycles. The first-order chi connectivity index (χ1) is 13.6. The van der Waals surface area contributed by atoms with Crippen molar-refractivity contribution in [1.29, 1.82) is 5.26 Å². The summed E-state index contributed by atoms with van der Waals surface area (Å²) >= 11 is 1.65. The monoisotopic (exact) mass is 392 g/mol. The van der Waals surface area contributed by atoms with E-state index in [1.54, 1.807) is 36.0 Å². The SMILES string of the molecule is Cc1ccccc1Nc1nc(N)nc(CSCCOc2ccc(C#N)cc2)n1. The molecule has 3 rings (SSSR count). The Labute approximate surface area is 168 Å². The van der Waals surface area contributed by atoms with Gasteiger partial charge in [0.15, 0.2) is 0 Å². The molecule has 0 bridgehead atoms. The van der Waals surface area contributed by atoms with Crippen LogP contribution in [0.5, 0.6) is 5.75 Å². The fourth-order valence-corrected chi connectivity index (χ4v) is 3.06. The molecule has 3 N–H and O–H groups in total. The molecule has 0 unspecified atom stereocenters. The number of nitrogens with zero attached hydrogens (tertiary/aromatic N) is 4. The van der Waals surface area contributed by atoms with Crippen LogP contribution < -0.4 is 15.8 Å². The van der Waals surface area contributed by atoms with Gasteiger partial charge >= 0.3 is 0 Å². The lowest BCUT2D eigenvalue weighted by Gasteiger charge is -2.09. The summed E-state index contributed by atoms with van der Waals surface area (Å²) in [6, 6.07) is 17.0. The second-order valence-electron chi connectivity index (χ2n) is 5.91. The van der Waals surface area contributed by atoms with Gasteiger partial charge in [-0.3, -0.25) is 0 Å². The molecule has 0 amide bonds. The molecule has 0 atom stereocenters. The Morgan fingerprint density at radius 3 is 2.64 bits per heavy atom. The van der Waals surface area contributed by atoms with Gasteiger partial charge in [-0.1, -0.05) is 18.2 Å². The van der Waals surface area contributed by atoms with E-state index in [1.807, 2.05) is 31.2 Å². The van der Waals surface area contributed by atoms with Crippen LogP contribution in [0.15, 0.2) is 48.5 Å². The minimum Gasteiger partial charge on any atom is -0.493 e. The molecule has 0 radical (unpaired) electrons. The fraction of sp³-hybridized carbons (Fsp3) is 0.200. The normalized spacial score (nSPS) is 10.3. The second kappa shape index (κ2) is 9.58. The number of para-hydroxylation sites is 1. The van der Waals surface area contributed by atoms with Crippen LogP contribution in [0, 0.1) is 18.3 Å². The predicted molar refractivity (Wildman–Crippen MR) is 112 cm³/mol. The molecular weight excluding hydrogens is 372 g/mol. The molecule has 8 heteroatoms. The van der Waals surface area contributed by atoms with Gasteiger partial charge in [0.2, 0.25) is 11.9 Å². The Balaban J connectivity index is 1.49. The third-order valence-corrected chi connectivity index (χ3v) is 4.72. The molecule has 3 aromatic rings. The number of anilines is 3. The van der Waals surface area contributed by atoms with Crippen molar-refractivity contribution in [2.45, 2.75) is 12.7 Å². The summed E-state index contributed by atoms with van der Waals surface area (Å²) in [4.78, 5) is 12.8. The third-order valence-electron chi connectivity index (χ3n) is 3.80. The Kier molecular flexibility index (Phi) is 6.65. The number of hydrogen-bond donors (Lipinski definition) is 2. The highest BCUT2D eigenvalue weighted by Gasteiger charge is 2.06. The molecule has 1 aromatic heterocycles.